The molecule has 3 heteroatoms. The fraction of sp³-hybridized carbons (Fsp3) is 0. The van der Waals surface area contributed by atoms with E-state index >= 15 is 0 Å². The van der Waals surface area contributed by atoms with Gasteiger partial charge in [0, 0.05) is 49.7 Å². The highest BCUT2D eigenvalue weighted by molar-refractivity contribution is 6.16. The van der Waals surface area contributed by atoms with Crippen molar-refractivity contribution in [3.63, 3.8) is 0 Å². The van der Waals surface area contributed by atoms with Gasteiger partial charge >= 0.3 is 0 Å². The molecule has 0 N–H and O–H groups in total. The molecule has 0 amide bonds. The van der Waals surface area contributed by atoms with Crippen molar-refractivity contribution in [2.24, 2.45) is 0 Å². The lowest BCUT2D eigenvalue weighted by Crippen LogP contribution is -2.09. The summed E-state index contributed by atoms with van der Waals surface area (Å²) in [6.45, 7) is 0. The third-order valence-electron chi connectivity index (χ3n) is 11.1. The highest BCUT2D eigenvalue weighted by atomic mass is 16.3. The number of furan rings is 2. The van der Waals surface area contributed by atoms with E-state index in [9.17, 15) is 0 Å². The number of benzene rings is 9. The molecule has 3 nitrogen and oxygen atoms in total. The van der Waals surface area contributed by atoms with E-state index in [0.717, 1.165) is 83.2 Å². The summed E-state index contributed by atoms with van der Waals surface area (Å²) < 4.78 is 13.2. The molecule has 0 spiro atoms. The molecule has 11 aromatic rings. The van der Waals surface area contributed by atoms with E-state index in [2.05, 4.69) is 193 Å². The Morgan fingerprint density at radius 2 is 0.667 bits per heavy atom. The van der Waals surface area contributed by atoms with Gasteiger partial charge in [-0.25, -0.2) is 0 Å². The van der Waals surface area contributed by atoms with Gasteiger partial charge in [-0.05, 0) is 94.0 Å². The molecule has 0 aliphatic carbocycles. The third-order valence-corrected chi connectivity index (χ3v) is 11.1. The van der Waals surface area contributed by atoms with Crippen LogP contribution in [-0.2, 0) is 0 Å². The summed E-state index contributed by atoms with van der Waals surface area (Å²) in [6.07, 6.45) is 0. The summed E-state index contributed by atoms with van der Waals surface area (Å²) >= 11 is 0. The normalized spacial score (nSPS) is 11.5. The van der Waals surface area contributed by atoms with Gasteiger partial charge in [-0.2, -0.15) is 0 Å². The van der Waals surface area contributed by atoms with Crippen molar-refractivity contribution < 1.29 is 8.83 Å². The van der Waals surface area contributed by atoms with Gasteiger partial charge in [-0.15, -0.1) is 0 Å². The van der Waals surface area contributed by atoms with E-state index in [4.69, 9.17) is 8.83 Å². The average molecular weight is 730 g/mol. The molecule has 268 valence electrons. The second kappa shape index (κ2) is 13.6. The Morgan fingerprint density at radius 1 is 0.263 bits per heavy atom. The number of fused-ring (bicyclic) bond motifs is 6. The Balaban J connectivity index is 1.03. The van der Waals surface area contributed by atoms with Crippen LogP contribution in [-0.4, -0.2) is 0 Å². The van der Waals surface area contributed by atoms with E-state index < -0.39 is 0 Å². The van der Waals surface area contributed by atoms with Crippen LogP contribution in [0.15, 0.2) is 221 Å². The Hall–Kier alpha value is -7.62. The van der Waals surface area contributed by atoms with Gasteiger partial charge in [0.2, 0.25) is 0 Å². The summed E-state index contributed by atoms with van der Waals surface area (Å²) in [6, 6.07) is 75.1. The average Bonchev–Trinajstić information content (AvgIpc) is 3.86. The molecule has 0 saturated carbocycles. The van der Waals surface area contributed by atoms with Crippen molar-refractivity contribution >= 4 is 60.9 Å². The first-order valence-corrected chi connectivity index (χ1v) is 19.3. The zero-order chi connectivity index (χ0) is 37.7. The zero-order valence-electron chi connectivity index (χ0n) is 31.0. The first-order valence-electron chi connectivity index (χ1n) is 19.3. The molecule has 0 atom stereocenters. The fourth-order valence-electron chi connectivity index (χ4n) is 8.27. The molecule has 0 unspecified atom stereocenters. The molecule has 0 aliphatic rings. The second-order valence-electron chi connectivity index (χ2n) is 14.5. The van der Waals surface area contributed by atoms with Crippen molar-refractivity contribution in [1.29, 1.82) is 0 Å². The topological polar surface area (TPSA) is 29.5 Å². The number of anilines is 3. The number of hydrogen-bond acceptors (Lipinski definition) is 3. The molecule has 2 heterocycles. The van der Waals surface area contributed by atoms with Crippen molar-refractivity contribution in [1.82, 2.24) is 0 Å². The smallest absolute Gasteiger partial charge is 0.143 e. The Bertz CT molecular complexity index is 3110. The minimum absolute atomic E-state index is 0.855. The minimum atomic E-state index is 0.855. The molecule has 0 aliphatic heterocycles. The van der Waals surface area contributed by atoms with Crippen LogP contribution in [0.4, 0.5) is 17.1 Å². The van der Waals surface area contributed by atoms with Gasteiger partial charge in [0.25, 0.3) is 0 Å². The van der Waals surface area contributed by atoms with Crippen LogP contribution < -0.4 is 4.90 Å². The lowest BCUT2D eigenvalue weighted by atomic mass is 9.94. The van der Waals surface area contributed by atoms with Crippen molar-refractivity contribution in [3.05, 3.63) is 212 Å². The largest absolute Gasteiger partial charge is 0.455 e. The number of para-hydroxylation sites is 3. The summed E-state index contributed by atoms with van der Waals surface area (Å²) in [5.41, 5.74) is 15.7. The fourth-order valence-corrected chi connectivity index (χ4v) is 8.27. The number of hydrogen-bond donors (Lipinski definition) is 0. The van der Waals surface area contributed by atoms with E-state index in [1.807, 2.05) is 24.3 Å². The Labute approximate surface area is 330 Å². The van der Waals surface area contributed by atoms with Gasteiger partial charge < -0.3 is 13.7 Å². The number of rotatable bonds is 7. The summed E-state index contributed by atoms with van der Waals surface area (Å²) in [7, 11) is 0. The molecular weight excluding hydrogens is 695 g/mol. The molecular formula is C54H35NO2. The summed E-state index contributed by atoms with van der Waals surface area (Å²) in [5.74, 6) is 0. The van der Waals surface area contributed by atoms with Crippen molar-refractivity contribution in [2.45, 2.75) is 0 Å². The summed E-state index contributed by atoms with van der Waals surface area (Å²) in [5, 5.41) is 4.37. The van der Waals surface area contributed by atoms with Crippen LogP contribution in [0.25, 0.3) is 88.4 Å². The summed E-state index contributed by atoms with van der Waals surface area (Å²) in [4.78, 5) is 2.33. The Morgan fingerprint density at radius 3 is 1.19 bits per heavy atom. The van der Waals surface area contributed by atoms with Crippen LogP contribution in [0.5, 0.6) is 0 Å². The standard InChI is InChI=1S/C54H35NO2/c1-3-12-36(13-4-1)38-22-28-42(29-23-38)55(43-30-24-39(25-31-43)37-14-5-2-6-15-37)44-32-26-40(27-33-44)41-34-49-46-17-8-10-21-52(46)57-54(49)50(35-41)48-19-11-18-47-45-16-7-9-20-51(45)56-53(47)48/h1-35H. The van der Waals surface area contributed by atoms with E-state index in [-0.39, 0.29) is 0 Å². The quantitative estimate of drug-likeness (QED) is 0.164. The highest BCUT2D eigenvalue weighted by Gasteiger charge is 2.20. The molecule has 57 heavy (non-hydrogen) atoms. The highest BCUT2D eigenvalue weighted by Crippen LogP contribution is 2.44. The molecule has 0 bridgehead atoms. The van der Waals surface area contributed by atoms with Gasteiger partial charge in [0.15, 0.2) is 0 Å². The molecule has 0 radical (unpaired) electrons. The van der Waals surface area contributed by atoms with Crippen LogP contribution in [0, 0.1) is 0 Å². The van der Waals surface area contributed by atoms with Gasteiger partial charge in [-0.3, -0.25) is 0 Å². The van der Waals surface area contributed by atoms with Gasteiger partial charge in [0.05, 0.1) is 0 Å². The van der Waals surface area contributed by atoms with Crippen molar-refractivity contribution in [3.8, 4) is 44.5 Å². The molecule has 9 aromatic carbocycles. The van der Waals surface area contributed by atoms with Crippen LogP contribution in [0.3, 0.4) is 0 Å². The Kier molecular flexibility index (Phi) is 7.82. The molecule has 0 fully saturated rings. The minimum Gasteiger partial charge on any atom is -0.455 e. The maximum Gasteiger partial charge on any atom is 0.143 e. The van der Waals surface area contributed by atoms with Crippen LogP contribution >= 0.6 is 0 Å². The lowest BCUT2D eigenvalue weighted by molar-refractivity contribution is 0.665. The van der Waals surface area contributed by atoms with Crippen molar-refractivity contribution in [2.75, 3.05) is 4.90 Å². The maximum atomic E-state index is 6.63. The molecule has 11 rings (SSSR count). The van der Waals surface area contributed by atoms with Crippen LogP contribution in [0.1, 0.15) is 0 Å². The van der Waals surface area contributed by atoms with Gasteiger partial charge in [0.1, 0.15) is 22.3 Å². The second-order valence-corrected chi connectivity index (χ2v) is 14.5. The molecule has 2 aromatic heterocycles. The predicted octanol–water partition coefficient (Wildman–Crippen LogP) is 15.6. The van der Waals surface area contributed by atoms with E-state index in [1.54, 1.807) is 0 Å². The van der Waals surface area contributed by atoms with Crippen LogP contribution in [0.2, 0.25) is 0 Å². The van der Waals surface area contributed by atoms with E-state index in [0.29, 0.717) is 0 Å². The van der Waals surface area contributed by atoms with Gasteiger partial charge in [-0.1, -0.05) is 152 Å². The van der Waals surface area contributed by atoms with E-state index in [1.165, 1.54) is 22.3 Å². The third kappa shape index (κ3) is 5.76. The molecule has 0 saturated heterocycles. The number of nitrogens with zero attached hydrogens (tertiary/aromatic N) is 1. The maximum absolute atomic E-state index is 6.63. The monoisotopic (exact) mass is 729 g/mol. The first kappa shape index (κ1) is 32.8. The first-order chi connectivity index (χ1) is 28.2. The SMILES string of the molecule is c1ccc(-c2ccc(N(c3ccc(-c4ccccc4)cc3)c3ccc(-c4cc(-c5cccc6c5oc5ccccc56)c5oc6ccccc6c5c4)cc3)cc2)cc1. The zero-order valence-corrected chi connectivity index (χ0v) is 31.0. The lowest BCUT2D eigenvalue weighted by Gasteiger charge is -2.26. The predicted molar refractivity (Wildman–Crippen MR) is 237 cm³/mol.